The van der Waals surface area contributed by atoms with E-state index in [1.54, 1.807) is 0 Å². The van der Waals surface area contributed by atoms with Gasteiger partial charge in [-0.15, -0.1) is 0 Å². The Balaban J connectivity index is 2.70. The topological polar surface area (TPSA) is 98.3 Å². The number of nitrogens with zero attached hydrogens (tertiary/aromatic N) is 1. The third-order valence-electron chi connectivity index (χ3n) is 2.49. The van der Waals surface area contributed by atoms with E-state index in [0.717, 1.165) is 6.42 Å². The minimum absolute atomic E-state index is 0.00323. The predicted octanol–water partition coefficient (Wildman–Crippen LogP) is 1.95. The van der Waals surface area contributed by atoms with E-state index in [2.05, 4.69) is 19.2 Å². The summed E-state index contributed by atoms with van der Waals surface area (Å²) in [5, 5.41) is 13.3. The first-order chi connectivity index (χ1) is 8.41. The first kappa shape index (κ1) is 14.0. The van der Waals surface area contributed by atoms with E-state index >= 15 is 0 Å². The molecule has 1 aromatic rings. The molecule has 0 radical (unpaired) electrons. The highest BCUT2D eigenvalue weighted by molar-refractivity contribution is 5.95. The number of carbonyl (C=O) groups is 1. The van der Waals surface area contributed by atoms with E-state index in [4.69, 9.17) is 5.73 Å². The first-order valence-corrected chi connectivity index (χ1v) is 5.74. The number of hydrogen-bond donors (Lipinski definition) is 2. The molecule has 98 valence electrons. The third kappa shape index (κ3) is 3.73. The Morgan fingerprint density at radius 3 is 2.67 bits per heavy atom. The number of nitro groups is 1. The van der Waals surface area contributed by atoms with Crippen LogP contribution in [-0.2, 0) is 0 Å². The van der Waals surface area contributed by atoms with E-state index in [9.17, 15) is 14.9 Å². The first-order valence-electron chi connectivity index (χ1n) is 5.74. The van der Waals surface area contributed by atoms with Crippen molar-refractivity contribution in [2.45, 2.75) is 20.3 Å². The van der Waals surface area contributed by atoms with Crippen LogP contribution in [0.4, 0.5) is 11.4 Å². The molecule has 0 aromatic heterocycles. The number of benzene rings is 1. The van der Waals surface area contributed by atoms with Gasteiger partial charge in [-0.2, -0.15) is 0 Å². The number of carbonyl (C=O) groups excluding carboxylic acids is 1. The number of nitrogens with one attached hydrogen (secondary N) is 1. The van der Waals surface area contributed by atoms with Crippen LogP contribution in [0.1, 0.15) is 30.6 Å². The largest absolute Gasteiger partial charge is 0.393 e. The number of hydrogen-bond acceptors (Lipinski definition) is 4. The molecule has 6 heteroatoms. The number of anilines is 1. The van der Waals surface area contributed by atoms with Gasteiger partial charge in [-0.25, -0.2) is 0 Å². The van der Waals surface area contributed by atoms with E-state index < -0.39 is 4.92 Å². The smallest absolute Gasteiger partial charge is 0.292 e. The van der Waals surface area contributed by atoms with Gasteiger partial charge in [0.1, 0.15) is 5.69 Å². The molecule has 6 nitrogen and oxygen atoms in total. The molecule has 1 amide bonds. The molecule has 0 saturated carbocycles. The quantitative estimate of drug-likeness (QED) is 0.474. The number of nitrogen functional groups attached to an aromatic ring is 1. The molecule has 0 aliphatic carbocycles. The van der Waals surface area contributed by atoms with Crippen LogP contribution in [0.2, 0.25) is 0 Å². The number of amides is 1. The van der Waals surface area contributed by atoms with Crippen LogP contribution in [0, 0.1) is 16.0 Å². The van der Waals surface area contributed by atoms with Crippen molar-refractivity contribution in [2.24, 2.45) is 5.92 Å². The fourth-order valence-electron chi connectivity index (χ4n) is 1.44. The molecule has 1 aromatic carbocycles. The van der Waals surface area contributed by atoms with Crippen LogP contribution in [0.3, 0.4) is 0 Å². The number of rotatable bonds is 5. The summed E-state index contributed by atoms with van der Waals surface area (Å²) in [6.45, 7) is 4.71. The summed E-state index contributed by atoms with van der Waals surface area (Å²) >= 11 is 0. The lowest BCUT2D eigenvalue weighted by atomic mass is 10.1. The standard InChI is InChI=1S/C12H17N3O3/c1-8(2)5-6-14-12(16)9-3-4-11(15(17)18)10(13)7-9/h3-4,7-8H,5-6,13H2,1-2H3,(H,14,16). The summed E-state index contributed by atoms with van der Waals surface area (Å²) in [5.74, 6) is 0.240. The summed E-state index contributed by atoms with van der Waals surface area (Å²) in [5.41, 5.74) is 5.66. The van der Waals surface area contributed by atoms with Gasteiger partial charge < -0.3 is 11.1 Å². The molecule has 0 spiro atoms. The highest BCUT2D eigenvalue weighted by Gasteiger charge is 2.14. The van der Waals surface area contributed by atoms with Crippen molar-refractivity contribution in [2.75, 3.05) is 12.3 Å². The van der Waals surface area contributed by atoms with Crippen molar-refractivity contribution in [1.29, 1.82) is 0 Å². The maximum Gasteiger partial charge on any atom is 0.292 e. The SMILES string of the molecule is CC(C)CCNC(=O)c1ccc([N+](=O)[O-])c(N)c1. The van der Waals surface area contributed by atoms with Crippen molar-refractivity contribution in [3.63, 3.8) is 0 Å². The molecule has 0 saturated heterocycles. The second-order valence-electron chi connectivity index (χ2n) is 4.47. The Kier molecular flexibility index (Phi) is 4.65. The van der Waals surface area contributed by atoms with Gasteiger partial charge in [-0.3, -0.25) is 14.9 Å². The lowest BCUT2D eigenvalue weighted by Crippen LogP contribution is -2.25. The minimum Gasteiger partial charge on any atom is -0.393 e. The molecule has 0 unspecified atom stereocenters. The Morgan fingerprint density at radius 1 is 1.50 bits per heavy atom. The van der Waals surface area contributed by atoms with Crippen LogP contribution in [0.25, 0.3) is 0 Å². The predicted molar refractivity (Wildman–Crippen MR) is 69.3 cm³/mol. The molecule has 3 N–H and O–H groups in total. The Morgan fingerprint density at radius 2 is 2.17 bits per heavy atom. The lowest BCUT2D eigenvalue weighted by molar-refractivity contribution is -0.383. The monoisotopic (exact) mass is 251 g/mol. The normalized spacial score (nSPS) is 10.4. The van der Waals surface area contributed by atoms with Crippen molar-refractivity contribution in [1.82, 2.24) is 5.32 Å². The van der Waals surface area contributed by atoms with Crippen LogP contribution in [0.5, 0.6) is 0 Å². The maximum absolute atomic E-state index is 11.7. The molecule has 0 bridgehead atoms. The molecule has 1 rings (SSSR count). The second-order valence-corrected chi connectivity index (χ2v) is 4.47. The van der Waals surface area contributed by atoms with Gasteiger partial charge in [0.15, 0.2) is 0 Å². The average molecular weight is 251 g/mol. The molecular weight excluding hydrogens is 234 g/mol. The average Bonchev–Trinajstić information content (AvgIpc) is 2.27. The zero-order valence-corrected chi connectivity index (χ0v) is 10.5. The maximum atomic E-state index is 11.7. The lowest BCUT2D eigenvalue weighted by Gasteiger charge is -2.07. The third-order valence-corrected chi connectivity index (χ3v) is 2.49. The van der Waals surface area contributed by atoms with Gasteiger partial charge >= 0.3 is 0 Å². The fraction of sp³-hybridized carbons (Fsp3) is 0.417. The van der Waals surface area contributed by atoms with E-state index in [1.807, 2.05) is 0 Å². The summed E-state index contributed by atoms with van der Waals surface area (Å²) < 4.78 is 0. The summed E-state index contributed by atoms with van der Waals surface area (Å²) in [4.78, 5) is 21.7. The fourth-order valence-corrected chi connectivity index (χ4v) is 1.44. The Hall–Kier alpha value is -2.11. The van der Waals surface area contributed by atoms with Crippen LogP contribution in [0.15, 0.2) is 18.2 Å². The van der Waals surface area contributed by atoms with Crippen molar-refractivity contribution in [3.05, 3.63) is 33.9 Å². The van der Waals surface area contributed by atoms with Gasteiger partial charge in [0.25, 0.3) is 11.6 Å². The minimum atomic E-state index is -0.574. The highest BCUT2D eigenvalue weighted by atomic mass is 16.6. The van der Waals surface area contributed by atoms with Crippen molar-refractivity contribution >= 4 is 17.3 Å². The number of nitro benzene ring substituents is 1. The summed E-state index contributed by atoms with van der Waals surface area (Å²) in [6.07, 6.45) is 0.883. The van der Waals surface area contributed by atoms with Gasteiger partial charge in [0, 0.05) is 18.2 Å². The van der Waals surface area contributed by atoms with Crippen molar-refractivity contribution in [3.8, 4) is 0 Å². The summed E-state index contributed by atoms with van der Waals surface area (Å²) in [6, 6.07) is 3.97. The van der Waals surface area contributed by atoms with Gasteiger partial charge in [0.2, 0.25) is 0 Å². The number of nitrogens with two attached hydrogens (primary N) is 1. The molecule has 18 heavy (non-hydrogen) atoms. The van der Waals surface area contributed by atoms with Crippen molar-refractivity contribution < 1.29 is 9.72 Å². The highest BCUT2D eigenvalue weighted by Crippen LogP contribution is 2.21. The van der Waals surface area contributed by atoms with Crippen LogP contribution < -0.4 is 11.1 Å². The molecular formula is C12H17N3O3. The van der Waals surface area contributed by atoms with E-state index in [-0.39, 0.29) is 17.3 Å². The summed E-state index contributed by atoms with van der Waals surface area (Å²) in [7, 11) is 0. The Bertz CT molecular complexity index is 458. The van der Waals surface area contributed by atoms with Crippen LogP contribution in [-0.4, -0.2) is 17.4 Å². The molecule has 0 aliphatic heterocycles. The van der Waals surface area contributed by atoms with Gasteiger partial charge in [-0.05, 0) is 24.5 Å². The molecule has 0 heterocycles. The molecule has 0 aliphatic rings. The van der Waals surface area contributed by atoms with Crippen LogP contribution >= 0.6 is 0 Å². The molecule has 0 atom stereocenters. The van der Waals surface area contributed by atoms with E-state index in [0.29, 0.717) is 18.0 Å². The van der Waals surface area contributed by atoms with E-state index in [1.165, 1.54) is 18.2 Å². The zero-order valence-electron chi connectivity index (χ0n) is 10.5. The second kappa shape index (κ2) is 6.00. The zero-order chi connectivity index (χ0) is 13.7. The van der Waals surface area contributed by atoms with Gasteiger partial charge in [0.05, 0.1) is 4.92 Å². The molecule has 0 fully saturated rings. The van der Waals surface area contributed by atoms with Gasteiger partial charge in [-0.1, -0.05) is 13.8 Å². The Labute approximate surface area is 105 Å².